The molecule has 1 atom stereocenters. The molecule has 0 spiro atoms. The molecule has 1 fully saturated rings. The zero-order chi connectivity index (χ0) is 14.0. The number of ketones is 1. The normalized spacial score (nSPS) is 18.4. The number of carbonyl (C=O) groups is 1. The predicted molar refractivity (Wildman–Crippen MR) is 80.8 cm³/mol. The molecule has 1 aromatic carbocycles. The van der Waals surface area contributed by atoms with E-state index in [0.29, 0.717) is 5.92 Å². The Hall–Kier alpha value is -0.870. The highest BCUT2D eigenvalue weighted by Crippen LogP contribution is 2.29. The van der Waals surface area contributed by atoms with Crippen molar-refractivity contribution in [3.05, 3.63) is 28.2 Å². The highest BCUT2D eigenvalue weighted by Gasteiger charge is 2.23. The van der Waals surface area contributed by atoms with Crippen LogP contribution in [0.25, 0.3) is 0 Å². The van der Waals surface area contributed by atoms with E-state index in [1.54, 1.807) is 6.92 Å². The van der Waals surface area contributed by atoms with Crippen molar-refractivity contribution in [1.82, 2.24) is 0 Å². The molecule has 1 aliphatic rings. The molecule has 0 bridgehead atoms. The molecule has 4 heteroatoms. The first kappa shape index (κ1) is 14.5. The summed E-state index contributed by atoms with van der Waals surface area (Å²) in [6.45, 7) is 5.37. The summed E-state index contributed by atoms with van der Waals surface area (Å²) >= 11 is 3.46. The Labute approximate surface area is 122 Å². The Kier molecular flexibility index (Phi) is 4.63. The van der Waals surface area contributed by atoms with Gasteiger partial charge in [-0.2, -0.15) is 0 Å². The van der Waals surface area contributed by atoms with E-state index in [4.69, 9.17) is 0 Å². The van der Waals surface area contributed by atoms with Crippen molar-refractivity contribution in [2.24, 2.45) is 5.92 Å². The zero-order valence-corrected chi connectivity index (χ0v) is 13.0. The first-order valence-corrected chi connectivity index (χ1v) is 7.52. The van der Waals surface area contributed by atoms with E-state index >= 15 is 0 Å². The van der Waals surface area contributed by atoms with Crippen molar-refractivity contribution in [3.63, 3.8) is 0 Å². The lowest BCUT2D eigenvalue weighted by atomic mass is 9.92. The van der Waals surface area contributed by atoms with Crippen LogP contribution in [0.1, 0.15) is 37.0 Å². The molecule has 1 N–H and O–H groups in total. The van der Waals surface area contributed by atoms with Gasteiger partial charge in [0.15, 0.2) is 5.78 Å². The molecule has 1 aromatic rings. The average Bonchev–Trinajstić information content (AvgIpc) is 2.38. The summed E-state index contributed by atoms with van der Waals surface area (Å²) in [7, 11) is 0. The van der Waals surface area contributed by atoms with Gasteiger partial charge in [0.1, 0.15) is 0 Å². The van der Waals surface area contributed by atoms with Crippen LogP contribution >= 0.6 is 15.9 Å². The van der Waals surface area contributed by atoms with Crippen molar-refractivity contribution in [2.75, 3.05) is 18.0 Å². The highest BCUT2D eigenvalue weighted by atomic mass is 79.9. The van der Waals surface area contributed by atoms with E-state index in [1.165, 1.54) is 0 Å². The number of aliphatic hydroxyl groups excluding tert-OH is 1. The lowest BCUT2D eigenvalue weighted by molar-refractivity contribution is 0.101. The first-order valence-electron chi connectivity index (χ1n) is 6.72. The molecule has 104 valence electrons. The van der Waals surface area contributed by atoms with Crippen LogP contribution in [0.5, 0.6) is 0 Å². The number of rotatable bonds is 3. The van der Waals surface area contributed by atoms with Gasteiger partial charge in [-0.05, 0) is 66.7 Å². The topological polar surface area (TPSA) is 40.5 Å². The van der Waals surface area contributed by atoms with Crippen LogP contribution in [0.3, 0.4) is 0 Å². The fraction of sp³-hybridized carbons (Fsp3) is 0.533. The van der Waals surface area contributed by atoms with Crippen molar-refractivity contribution >= 4 is 27.4 Å². The van der Waals surface area contributed by atoms with Gasteiger partial charge in [-0.1, -0.05) is 0 Å². The van der Waals surface area contributed by atoms with E-state index in [0.717, 1.165) is 41.7 Å². The smallest absolute Gasteiger partial charge is 0.160 e. The second kappa shape index (κ2) is 6.06. The Morgan fingerprint density at radius 2 is 2.05 bits per heavy atom. The van der Waals surface area contributed by atoms with Gasteiger partial charge in [-0.15, -0.1) is 0 Å². The van der Waals surface area contributed by atoms with Gasteiger partial charge in [0.05, 0.1) is 6.10 Å². The van der Waals surface area contributed by atoms with Gasteiger partial charge in [0.2, 0.25) is 0 Å². The Morgan fingerprint density at radius 3 is 2.53 bits per heavy atom. The van der Waals surface area contributed by atoms with Crippen LogP contribution in [0, 0.1) is 5.92 Å². The third-order valence-corrected chi connectivity index (χ3v) is 4.58. The second-order valence-corrected chi connectivity index (χ2v) is 6.14. The summed E-state index contributed by atoms with van der Waals surface area (Å²) in [5.41, 5.74) is 1.86. The third kappa shape index (κ3) is 3.37. The lowest BCUT2D eigenvalue weighted by Crippen LogP contribution is -2.37. The third-order valence-electron chi connectivity index (χ3n) is 3.92. The number of anilines is 1. The molecule has 2 rings (SSSR count). The number of nitrogens with zero attached hydrogens (tertiary/aromatic N) is 1. The average molecular weight is 326 g/mol. The SMILES string of the molecule is CC(=O)c1ccc(N2CCC(C(C)O)CC2)cc1Br. The molecule has 0 aromatic heterocycles. The number of hydrogen-bond acceptors (Lipinski definition) is 3. The van der Waals surface area contributed by atoms with Gasteiger partial charge in [-0.3, -0.25) is 4.79 Å². The Bertz CT molecular complexity index is 465. The summed E-state index contributed by atoms with van der Waals surface area (Å²) in [6, 6.07) is 5.89. The van der Waals surface area contributed by atoms with Crippen molar-refractivity contribution < 1.29 is 9.90 Å². The molecular weight excluding hydrogens is 306 g/mol. The van der Waals surface area contributed by atoms with Crippen LogP contribution < -0.4 is 4.90 Å². The minimum absolute atomic E-state index is 0.0752. The number of carbonyl (C=O) groups excluding carboxylic acids is 1. The molecule has 1 heterocycles. The van der Waals surface area contributed by atoms with Gasteiger partial charge in [0.25, 0.3) is 0 Å². The highest BCUT2D eigenvalue weighted by molar-refractivity contribution is 9.10. The summed E-state index contributed by atoms with van der Waals surface area (Å²) in [5.74, 6) is 0.488. The summed E-state index contributed by atoms with van der Waals surface area (Å²) < 4.78 is 0.857. The second-order valence-electron chi connectivity index (χ2n) is 5.29. The minimum atomic E-state index is -0.214. The fourth-order valence-corrected chi connectivity index (χ4v) is 3.27. The van der Waals surface area contributed by atoms with E-state index in [2.05, 4.69) is 20.8 Å². The maximum atomic E-state index is 11.4. The molecular formula is C15H20BrNO2. The minimum Gasteiger partial charge on any atom is -0.393 e. The zero-order valence-electron chi connectivity index (χ0n) is 11.4. The molecule has 1 unspecified atom stereocenters. The monoisotopic (exact) mass is 325 g/mol. The number of benzene rings is 1. The maximum absolute atomic E-state index is 11.4. The quantitative estimate of drug-likeness (QED) is 0.867. The molecule has 0 radical (unpaired) electrons. The Balaban J connectivity index is 2.08. The molecule has 3 nitrogen and oxygen atoms in total. The van der Waals surface area contributed by atoms with Gasteiger partial charge in [-0.25, -0.2) is 0 Å². The Morgan fingerprint density at radius 1 is 1.42 bits per heavy atom. The molecule has 1 saturated heterocycles. The van der Waals surface area contributed by atoms with Crippen molar-refractivity contribution in [2.45, 2.75) is 32.8 Å². The van der Waals surface area contributed by atoms with Crippen LogP contribution in [0.2, 0.25) is 0 Å². The molecule has 19 heavy (non-hydrogen) atoms. The number of Topliss-reactive ketones (excluding diaryl/α,β-unsaturated/α-hetero) is 1. The van der Waals surface area contributed by atoms with Crippen LogP contribution in [0.4, 0.5) is 5.69 Å². The first-order chi connectivity index (χ1) is 8.99. The summed E-state index contributed by atoms with van der Waals surface area (Å²) in [4.78, 5) is 13.7. The number of piperidine rings is 1. The van der Waals surface area contributed by atoms with Crippen LogP contribution in [0.15, 0.2) is 22.7 Å². The van der Waals surface area contributed by atoms with E-state index in [1.807, 2.05) is 25.1 Å². The van der Waals surface area contributed by atoms with E-state index < -0.39 is 0 Å². The van der Waals surface area contributed by atoms with Crippen molar-refractivity contribution in [3.8, 4) is 0 Å². The number of halogens is 1. The molecule has 1 aliphatic heterocycles. The van der Waals surface area contributed by atoms with Gasteiger partial charge in [0, 0.05) is 28.8 Å². The lowest BCUT2D eigenvalue weighted by Gasteiger charge is -2.35. The summed E-state index contributed by atoms with van der Waals surface area (Å²) in [5, 5.41) is 9.61. The fourth-order valence-electron chi connectivity index (χ4n) is 2.63. The van der Waals surface area contributed by atoms with E-state index in [9.17, 15) is 9.90 Å². The van der Waals surface area contributed by atoms with Gasteiger partial charge >= 0.3 is 0 Å². The van der Waals surface area contributed by atoms with Crippen LogP contribution in [-0.4, -0.2) is 30.1 Å². The van der Waals surface area contributed by atoms with Crippen molar-refractivity contribution in [1.29, 1.82) is 0 Å². The van der Waals surface area contributed by atoms with Crippen LogP contribution in [-0.2, 0) is 0 Å². The van der Waals surface area contributed by atoms with Gasteiger partial charge < -0.3 is 10.0 Å². The standard InChI is InChI=1S/C15H20BrNO2/c1-10(18)12-5-7-17(8-6-12)13-3-4-14(11(2)19)15(16)9-13/h3-4,9-10,12,18H,5-8H2,1-2H3. The molecule has 0 amide bonds. The largest absolute Gasteiger partial charge is 0.393 e. The molecule has 0 saturated carbocycles. The molecule has 0 aliphatic carbocycles. The van der Waals surface area contributed by atoms with E-state index in [-0.39, 0.29) is 11.9 Å². The number of hydrogen-bond donors (Lipinski definition) is 1. The predicted octanol–water partition coefficient (Wildman–Crippen LogP) is 3.25. The summed E-state index contributed by atoms with van der Waals surface area (Å²) in [6.07, 6.45) is 1.82. The maximum Gasteiger partial charge on any atom is 0.160 e. The number of aliphatic hydroxyl groups is 1.